The summed E-state index contributed by atoms with van der Waals surface area (Å²) in [6, 6.07) is 13.3. The molecule has 5 heteroatoms. The molecule has 0 unspecified atom stereocenters. The first-order valence-electron chi connectivity index (χ1n) is 6.35. The van der Waals surface area contributed by atoms with Gasteiger partial charge in [-0.1, -0.05) is 18.2 Å². The molecule has 0 saturated carbocycles. The minimum atomic E-state index is -0.458. The maximum atomic E-state index is 12.0. The van der Waals surface area contributed by atoms with Gasteiger partial charge in [-0.05, 0) is 53.2 Å². The number of carbonyl (C=O) groups excluding carboxylic acids is 2. The largest absolute Gasteiger partial charge is 0.462 e. The van der Waals surface area contributed by atoms with Crippen molar-refractivity contribution in [2.45, 2.75) is 6.92 Å². The van der Waals surface area contributed by atoms with Crippen LogP contribution >= 0.6 is 15.9 Å². The van der Waals surface area contributed by atoms with Gasteiger partial charge in [0.2, 0.25) is 0 Å². The van der Waals surface area contributed by atoms with E-state index in [1.807, 2.05) is 6.07 Å². The predicted molar refractivity (Wildman–Crippen MR) is 81.5 cm³/mol. The number of rotatable bonds is 4. The first kappa shape index (κ1) is 15.3. The van der Waals surface area contributed by atoms with E-state index in [1.165, 1.54) is 0 Å². The normalized spacial score (nSPS) is 10.0. The zero-order chi connectivity index (χ0) is 15.2. The summed E-state index contributed by atoms with van der Waals surface area (Å²) in [5, 5.41) is 0. The molecule has 0 aromatic heterocycles. The van der Waals surface area contributed by atoms with E-state index < -0.39 is 11.9 Å². The first-order chi connectivity index (χ1) is 10.1. The second-order valence-electron chi connectivity index (χ2n) is 4.12. The van der Waals surface area contributed by atoms with Crippen molar-refractivity contribution in [2.24, 2.45) is 0 Å². The summed E-state index contributed by atoms with van der Waals surface area (Å²) in [6.07, 6.45) is 0. The van der Waals surface area contributed by atoms with Gasteiger partial charge in [-0.15, -0.1) is 0 Å². The van der Waals surface area contributed by atoms with Crippen molar-refractivity contribution in [2.75, 3.05) is 6.61 Å². The Morgan fingerprint density at radius 3 is 2.33 bits per heavy atom. The highest BCUT2D eigenvalue weighted by Crippen LogP contribution is 2.27. The summed E-state index contributed by atoms with van der Waals surface area (Å²) >= 11 is 3.28. The summed E-state index contributed by atoms with van der Waals surface area (Å²) in [5.41, 5.74) is 0.849. The van der Waals surface area contributed by atoms with Gasteiger partial charge in [-0.3, -0.25) is 0 Å². The quantitative estimate of drug-likeness (QED) is 0.622. The van der Waals surface area contributed by atoms with E-state index >= 15 is 0 Å². The molecule has 2 aromatic carbocycles. The zero-order valence-electron chi connectivity index (χ0n) is 11.3. The van der Waals surface area contributed by atoms with Crippen molar-refractivity contribution < 1.29 is 19.1 Å². The van der Waals surface area contributed by atoms with Crippen LogP contribution in [-0.4, -0.2) is 18.5 Å². The summed E-state index contributed by atoms with van der Waals surface area (Å²) in [5.74, 6) is -0.531. The van der Waals surface area contributed by atoms with Gasteiger partial charge in [0.05, 0.1) is 22.2 Å². The molecule has 0 aliphatic carbocycles. The van der Waals surface area contributed by atoms with Crippen LogP contribution in [0.25, 0.3) is 0 Å². The van der Waals surface area contributed by atoms with E-state index in [2.05, 4.69) is 15.9 Å². The molecule has 0 radical (unpaired) electrons. The average molecular weight is 349 g/mol. The standard InChI is InChI=1S/C16H13BrO4/c1-2-20-15(18)12-8-9-14(13(17)10-12)21-16(19)11-6-4-3-5-7-11/h3-10H,2H2,1H3. The maximum absolute atomic E-state index is 12.0. The molecule has 0 fully saturated rings. The van der Waals surface area contributed by atoms with E-state index in [0.717, 1.165) is 0 Å². The third kappa shape index (κ3) is 3.92. The first-order valence-corrected chi connectivity index (χ1v) is 7.15. The smallest absolute Gasteiger partial charge is 0.343 e. The number of ether oxygens (including phenoxy) is 2. The van der Waals surface area contributed by atoms with Crippen LogP contribution in [0.4, 0.5) is 0 Å². The Morgan fingerprint density at radius 2 is 1.71 bits per heavy atom. The summed E-state index contributed by atoms with van der Waals surface area (Å²) in [7, 11) is 0. The van der Waals surface area contributed by atoms with Gasteiger partial charge in [0.15, 0.2) is 0 Å². The topological polar surface area (TPSA) is 52.6 Å². The van der Waals surface area contributed by atoms with Crippen molar-refractivity contribution in [3.63, 3.8) is 0 Å². The SMILES string of the molecule is CCOC(=O)c1ccc(OC(=O)c2ccccc2)c(Br)c1. The second kappa shape index (κ2) is 7.04. The van der Waals surface area contributed by atoms with Crippen LogP contribution in [0.15, 0.2) is 53.0 Å². The molecular weight excluding hydrogens is 336 g/mol. The third-order valence-corrected chi connectivity index (χ3v) is 3.27. The molecule has 0 heterocycles. The van der Waals surface area contributed by atoms with Gasteiger partial charge < -0.3 is 9.47 Å². The molecule has 2 rings (SSSR count). The lowest BCUT2D eigenvalue weighted by molar-refractivity contribution is 0.0526. The number of carbonyl (C=O) groups is 2. The fraction of sp³-hybridized carbons (Fsp3) is 0.125. The Bertz CT molecular complexity index is 653. The number of benzene rings is 2. The number of hydrogen-bond acceptors (Lipinski definition) is 4. The Labute approximate surface area is 130 Å². The van der Waals surface area contributed by atoms with E-state index in [9.17, 15) is 9.59 Å². The van der Waals surface area contributed by atoms with E-state index in [0.29, 0.717) is 28.0 Å². The van der Waals surface area contributed by atoms with Gasteiger partial charge in [0.1, 0.15) is 5.75 Å². The maximum Gasteiger partial charge on any atom is 0.343 e. The number of halogens is 1. The average Bonchev–Trinajstić information content (AvgIpc) is 2.50. The highest BCUT2D eigenvalue weighted by atomic mass is 79.9. The highest BCUT2D eigenvalue weighted by molar-refractivity contribution is 9.10. The molecule has 0 bridgehead atoms. The van der Waals surface area contributed by atoms with Crippen LogP contribution in [-0.2, 0) is 4.74 Å². The fourth-order valence-corrected chi connectivity index (χ4v) is 2.12. The highest BCUT2D eigenvalue weighted by Gasteiger charge is 2.13. The Kier molecular flexibility index (Phi) is 5.11. The van der Waals surface area contributed by atoms with Crippen molar-refractivity contribution in [1.29, 1.82) is 0 Å². The second-order valence-corrected chi connectivity index (χ2v) is 4.98. The van der Waals surface area contributed by atoms with Gasteiger partial charge in [0, 0.05) is 0 Å². The van der Waals surface area contributed by atoms with Gasteiger partial charge >= 0.3 is 11.9 Å². The van der Waals surface area contributed by atoms with Crippen molar-refractivity contribution in [3.05, 3.63) is 64.1 Å². The Hall–Kier alpha value is -2.14. The third-order valence-electron chi connectivity index (χ3n) is 2.66. The predicted octanol–water partition coefficient (Wildman–Crippen LogP) is 3.85. The summed E-state index contributed by atoms with van der Waals surface area (Å²) < 4.78 is 10.7. The molecule has 4 nitrogen and oxygen atoms in total. The molecule has 0 atom stereocenters. The Balaban J connectivity index is 2.15. The summed E-state index contributed by atoms with van der Waals surface area (Å²) in [4.78, 5) is 23.6. The molecule has 21 heavy (non-hydrogen) atoms. The van der Waals surface area contributed by atoms with E-state index in [-0.39, 0.29) is 0 Å². The van der Waals surface area contributed by atoms with Gasteiger partial charge in [-0.2, -0.15) is 0 Å². The molecule has 0 spiro atoms. The molecule has 0 aliphatic rings. The lowest BCUT2D eigenvalue weighted by Gasteiger charge is -2.08. The van der Waals surface area contributed by atoms with Crippen LogP contribution < -0.4 is 4.74 Å². The van der Waals surface area contributed by atoms with E-state index in [1.54, 1.807) is 49.4 Å². The number of esters is 2. The van der Waals surface area contributed by atoms with Crippen LogP contribution in [0.1, 0.15) is 27.6 Å². The summed E-state index contributed by atoms with van der Waals surface area (Å²) in [6.45, 7) is 2.05. The lowest BCUT2D eigenvalue weighted by atomic mass is 10.2. The minimum Gasteiger partial charge on any atom is -0.462 e. The molecular formula is C16H13BrO4. The van der Waals surface area contributed by atoms with Crippen LogP contribution in [0, 0.1) is 0 Å². The molecule has 0 saturated heterocycles. The number of hydrogen-bond donors (Lipinski definition) is 0. The van der Waals surface area contributed by atoms with Gasteiger partial charge in [-0.25, -0.2) is 9.59 Å². The Morgan fingerprint density at radius 1 is 1.00 bits per heavy atom. The minimum absolute atomic E-state index is 0.307. The molecule has 2 aromatic rings. The van der Waals surface area contributed by atoms with Crippen LogP contribution in [0.2, 0.25) is 0 Å². The van der Waals surface area contributed by atoms with Crippen LogP contribution in [0.5, 0.6) is 5.75 Å². The van der Waals surface area contributed by atoms with Crippen molar-refractivity contribution in [3.8, 4) is 5.75 Å². The van der Waals surface area contributed by atoms with Gasteiger partial charge in [0.25, 0.3) is 0 Å². The molecule has 108 valence electrons. The van der Waals surface area contributed by atoms with E-state index in [4.69, 9.17) is 9.47 Å². The van der Waals surface area contributed by atoms with Crippen LogP contribution in [0.3, 0.4) is 0 Å². The van der Waals surface area contributed by atoms with Crippen molar-refractivity contribution >= 4 is 27.9 Å². The monoisotopic (exact) mass is 348 g/mol. The molecule has 0 amide bonds. The lowest BCUT2D eigenvalue weighted by Crippen LogP contribution is -2.09. The zero-order valence-corrected chi connectivity index (χ0v) is 12.9. The molecule has 0 N–H and O–H groups in total. The molecule has 0 aliphatic heterocycles. The fourth-order valence-electron chi connectivity index (χ4n) is 1.66. The van der Waals surface area contributed by atoms with Crippen molar-refractivity contribution in [1.82, 2.24) is 0 Å².